The minimum Gasteiger partial charge on any atom is -0.389 e. The second-order valence-corrected chi connectivity index (χ2v) is 4.33. The fourth-order valence-electron chi connectivity index (χ4n) is 1.83. The molecule has 5 heteroatoms. The summed E-state index contributed by atoms with van der Waals surface area (Å²) in [5.74, 6) is 0. The average molecular weight is 232 g/mol. The van der Waals surface area contributed by atoms with Gasteiger partial charge >= 0.3 is 0 Å². The van der Waals surface area contributed by atoms with Crippen molar-refractivity contribution in [3.05, 3.63) is 0 Å². The van der Waals surface area contributed by atoms with Crippen LogP contribution >= 0.6 is 0 Å². The molecule has 0 bridgehead atoms. The molecule has 0 aromatic heterocycles. The van der Waals surface area contributed by atoms with Crippen LogP contribution in [0.1, 0.15) is 0 Å². The maximum Gasteiger partial charge on any atom is 0.0899 e. The Morgan fingerprint density at radius 3 is 2.75 bits per heavy atom. The molecule has 0 aromatic carbocycles. The zero-order valence-electron chi connectivity index (χ0n) is 10.4. The number of hydrogen-bond donors (Lipinski definition) is 1. The normalized spacial score (nSPS) is 20.2. The van der Waals surface area contributed by atoms with Gasteiger partial charge in [-0.25, -0.2) is 0 Å². The first-order valence-corrected chi connectivity index (χ1v) is 5.88. The highest BCUT2D eigenvalue weighted by Crippen LogP contribution is 1.97. The van der Waals surface area contributed by atoms with E-state index in [1.807, 2.05) is 7.05 Å². The molecule has 1 atom stereocenters. The van der Waals surface area contributed by atoms with E-state index in [-0.39, 0.29) is 6.10 Å². The van der Waals surface area contributed by atoms with Gasteiger partial charge in [0.2, 0.25) is 0 Å². The first-order chi connectivity index (χ1) is 7.72. The number of ether oxygens (including phenoxy) is 2. The number of nitrogens with zero attached hydrogens (tertiary/aromatic N) is 2. The summed E-state index contributed by atoms with van der Waals surface area (Å²) in [7, 11) is 3.64. The molecule has 0 spiro atoms. The van der Waals surface area contributed by atoms with Gasteiger partial charge in [0, 0.05) is 39.8 Å². The number of morpholine rings is 1. The van der Waals surface area contributed by atoms with Crippen LogP contribution in [0.25, 0.3) is 0 Å². The van der Waals surface area contributed by atoms with E-state index < -0.39 is 0 Å². The van der Waals surface area contributed by atoms with Crippen LogP contribution in [0.3, 0.4) is 0 Å². The van der Waals surface area contributed by atoms with Gasteiger partial charge in [0.15, 0.2) is 0 Å². The van der Waals surface area contributed by atoms with Crippen molar-refractivity contribution in [1.29, 1.82) is 0 Å². The van der Waals surface area contributed by atoms with Crippen molar-refractivity contribution in [1.82, 2.24) is 9.80 Å². The first kappa shape index (κ1) is 13.9. The lowest BCUT2D eigenvalue weighted by molar-refractivity contribution is 0.0241. The van der Waals surface area contributed by atoms with Gasteiger partial charge in [0.1, 0.15) is 0 Å². The molecule has 1 N–H and O–H groups in total. The summed E-state index contributed by atoms with van der Waals surface area (Å²) in [6.45, 7) is 6.81. The molecule has 96 valence electrons. The van der Waals surface area contributed by atoms with Crippen molar-refractivity contribution in [3.63, 3.8) is 0 Å². The van der Waals surface area contributed by atoms with Crippen molar-refractivity contribution in [3.8, 4) is 0 Å². The molecule has 1 fully saturated rings. The fraction of sp³-hybridized carbons (Fsp3) is 1.00. The third-order valence-corrected chi connectivity index (χ3v) is 2.78. The van der Waals surface area contributed by atoms with Gasteiger partial charge in [-0.2, -0.15) is 0 Å². The highest BCUT2D eigenvalue weighted by atomic mass is 16.5. The molecule has 0 aliphatic carbocycles. The Morgan fingerprint density at radius 2 is 2.12 bits per heavy atom. The van der Waals surface area contributed by atoms with Gasteiger partial charge < -0.3 is 19.5 Å². The first-order valence-electron chi connectivity index (χ1n) is 5.88. The lowest BCUT2D eigenvalue weighted by Gasteiger charge is -2.29. The Balaban J connectivity index is 2.06. The molecular weight excluding hydrogens is 208 g/mol. The lowest BCUT2D eigenvalue weighted by atomic mass is 10.3. The number of hydrogen-bond acceptors (Lipinski definition) is 5. The molecule has 16 heavy (non-hydrogen) atoms. The van der Waals surface area contributed by atoms with Gasteiger partial charge in [-0.1, -0.05) is 0 Å². The van der Waals surface area contributed by atoms with Crippen LogP contribution in [0.2, 0.25) is 0 Å². The van der Waals surface area contributed by atoms with Gasteiger partial charge in [-0.15, -0.1) is 0 Å². The standard InChI is InChI=1S/C11H24N2O3/c1-12(9-11(14)10-15-2)3-4-13-5-7-16-8-6-13/h11,14H,3-10H2,1-2H3. The van der Waals surface area contributed by atoms with E-state index in [9.17, 15) is 5.11 Å². The molecule has 1 rings (SSSR count). The molecule has 0 radical (unpaired) electrons. The summed E-state index contributed by atoms with van der Waals surface area (Å²) < 4.78 is 10.2. The molecule has 0 aromatic rings. The topological polar surface area (TPSA) is 45.2 Å². The monoisotopic (exact) mass is 232 g/mol. The van der Waals surface area contributed by atoms with E-state index in [0.717, 1.165) is 39.4 Å². The summed E-state index contributed by atoms with van der Waals surface area (Å²) in [5, 5.41) is 9.56. The maximum absolute atomic E-state index is 9.56. The molecular formula is C11H24N2O3. The predicted molar refractivity (Wildman–Crippen MR) is 62.6 cm³/mol. The minimum atomic E-state index is -0.389. The number of aliphatic hydroxyl groups excluding tert-OH is 1. The Bertz CT molecular complexity index is 175. The second kappa shape index (κ2) is 7.97. The second-order valence-electron chi connectivity index (χ2n) is 4.33. The Labute approximate surface area is 97.9 Å². The SMILES string of the molecule is COCC(O)CN(C)CCN1CCOCC1. The number of aliphatic hydroxyl groups is 1. The number of likely N-dealkylation sites (N-methyl/N-ethyl adjacent to an activating group) is 1. The minimum absolute atomic E-state index is 0.389. The van der Waals surface area contributed by atoms with Gasteiger partial charge in [0.25, 0.3) is 0 Å². The van der Waals surface area contributed by atoms with Gasteiger partial charge in [0.05, 0.1) is 25.9 Å². The molecule has 0 amide bonds. The van der Waals surface area contributed by atoms with E-state index in [2.05, 4.69) is 9.80 Å². The fourth-order valence-corrected chi connectivity index (χ4v) is 1.83. The maximum atomic E-state index is 9.56. The quantitative estimate of drug-likeness (QED) is 0.626. The third kappa shape index (κ3) is 5.77. The van der Waals surface area contributed by atoms with E-state index in [1.165, 1.54) is 0 Å². The van der Waals surface area contributed by atoms with Crippen molar-refractivity contribution < 1.29 is 14.6 Å². The van der Waals surface area contributed by atoms with E-state index in [0.29, 0.717) is 13.2 Å². The summed E-state index contributed by atoms with van der Waals surface area (Å²) in [4.78, 5) is 4.53. The molecule has 1 aliphatic heterocycles. The predicted octanol–water partition coefficient (Wildman–Crippen LogP) is -0.742. The van der Waals surface area contributed by atoms with Crippen LogP contribution < -0.4 is 0 Å². The van der Waals surface area contributed by atoms with Crippen molar-refractivity contribution in [2.45, 2.75) is 6.10 Å². The highest BCUT2D eigenvalue weighted by molar-refractivity contribution is 4.66. The van der Waals surface area contributed by atoms with E-state index in [1.54, 1.807) is 7.11 Å². The van der Waals surface area contributed by atoms with Crippen molar-refractivity contribution in [2.24, 2.45) is 0 Å². The molecule has 0 saturated carbocycles. The molecule has 1 aliphatic rings. The Kier molecular flexibility index (Phi) is 6.91. The van der Waals surface area contributed by atoms with E-state index in [4.69, 9.17) is 9.47 Å². The van der Waals surface area contributed by atoms with Crippen LogP contribution in [0, 0.1) is 0 Å². The summed E-state index contributed by atoms with van der Waals surface area (Å²) in [6, 6.07) is 0. The molecule has 1 heterocycles. The number of methoxy groups -OCH3 is 1. The van der Waals surface area contributed by atoms with Crippen LogP contribution in [0.5, 0.6) is 0 Å². The highest BCUT2D eigenvalue weighted by Gasteiger charge is 2.12. The largest absolute Gasteiger partial charge is 0.389 e. The summed E-state index contributed by atoms with van der Waals surface area (Å²) in [5.41, 5.74) is 0. The van der Waals surface area contributed by atoms with Crippen LogP contribution in [-0.2, 0) is 9.47 Å². The summed E-state index contributed by atoms with van der Waals surface area (Å²) in [6.07, 6.45) is -0.389. The Hall–Kier alpha value is -0.200. The molecule has 1 unspecified atom stereocenters. The van der Waals surface area contributed by atoms with Crippen molar-refractivity contribution in [2.75, 3.05) is 66.7 Å². The zero-order chi connectivity index (χ0) is 11.8. The van der Waals surface area contributed by atoms with Gasteiger partial charge in [-0.3, -0.25) is 4.90 Å². The average Bonchev–Trinajstić information content (AvgIpc) is 2.28. The van der Waals surface area contributed by atoms with Crippen molar-refractivity contribution >= 4 is 0 Å². The van der Waals surface area contributed by atoms with Crippen LogP contribution in [0.15, 0.2) is 0 Å². The zero-order valence-corrected chi connectivity index (χ0v) is 10.4. The smallest absolute Gasteiger partial charge is 0.0899 e. The number of rotatable bonds is 7. The van der Waals surface area contributed by atoms with Crippen LogP contribution in [-0.4, -0.2) is 87.7 Å². The lowest BCUT2D eigenvalue weighted by Crippen LogP contribution is -2.42. The molecule has 5 nitrogen and oxygen atoms in total. The third-order valence-electron chi connectivity index (χ3n) is 2.78. The Morgan fingerprint density at radius 1 is 1.44 bits per heavy atom. The van der Waals surface area contributed by atoms with Gasteiger partial charge in [-0.05, 0) is 7.05 Å². The van der Waals surface area contributed by atoms with E-state index >= 15 is 0 Å². The molecule has 1 saturated heterocycles. The van der Waals surface area contributed by atoms with Crippen LogP contribution in [0.4, 0.5) is 0 Å². The summed E-state index contributed by atoms with van der Waals surface area (Å²) >= 11 is 0.